The van der Waals surface area contributed by atoms with Crippen LogP contribution >= 0.6 is 11.8 Å². The van der Waals surface area contributed by atoms with E-state index in [-0.39, 0.29) is 17.2 Å². The van der Waals surface area contributed by atoms with Crippen molar-refractivity contribution in [2.45, 2.75) is 68.9 Å². The van der Waals surface area contributed by atoms with Crippen LogP contribution in [0.25, 0.3) is 0 Å². The fourth-order valence-corrected chi connectivity index (χ4v) is 3.12. The number of hydrogen-bond donors (Lipinski definition) is 1. The lowest BCUT2D eigenvalue weighted by Gasteiger charge is -2.15. The molecule has 1 aromatic rings. The SMILES string of the molecule is CC(C)NC(=O)[C@@H](C)Sc1nnnn1C1CCCC1. The lowest BCUT2D eigenvalue weighted by molar-refractivity contribution is -0.120. The predicted octanol–water partition coefficient (Wildman–Crippen LogP) is 1.79. The molecule has 0 unspecified atom stereocenters. The van der Waals surface area contributed by atoms with E-state index >= 15 is 0 Å². The Labute approximate surface area is 117 Å². The summed E-state index contributed by atoms with van der Waals surface area (Å²) in [6, 6.07) is 0.555. The summed E-state index contributed by atoms with van der Waals surface area (Å²) < 4.78 is 1.89. The summed E-state index contributed by atoms with van der Waals surface area (Å²) in [5, 5.41) is 15.3. The lowest BCUT2D eigenvalue weighted by Crippen LogP contribution is -2.36. The molecule has 1 saturated carbocycles. The van der Waals surface area contributed by atoms with E-state index in [1.165, 1.54) is 24.6 Å². The highest BCUT2D eigenvalue weighted by Gasteiger charge is 2.24. The maximum Gasteiger partial charge on any atom is 0.233 e. The topological polar surface area (TPSA) is 72.7 Å². The second kappa shape index (κ2) is 6.36. The van der Waals surface area contributed by atoms with E-state index < -0.39 is 0 Å². The molecule has 19 heavy (non-hydrogen) atoms. The average molecular weight is 283 g/mol. The van der Waals surface area contributed by atoms with Crippen molar-refractivity contribution in [3.63, 3.8) is 0 Å². The average Bonchev–Trinajstić information content (AvgIpc) is 2.97. The maximum atomic E-state index is 11.9. The second-order valence-corrected chi connectivity index (χ2v) is 6.58. The Morgan fingerprint density at radius 3 is 2.68 bits per heavy atom. The van der Waals surface area contributed by atoms with Crippen LogP contribution in [-0.4, -0.2) is 37.4 Å². The molecule has 0 aromatic carbocycles. The molecule has 7 heteroatoms. The highest BCUT2D eigenvalue weighted by atomic mass is 32.2. The Bertz CT molecular complexity index is 428. The number of amides is 1. The summed E-state index contributed by atoms with van der Waals surface area (Å²) in [4.78, 5) is 11.9. The maximum absolute atomic E-state index is 11.9. The summed E-state index contributed by atoms with van der Waals surface area (Å²) >= 11 is 1.43. The van der Waals surface area contributed by atoms with Crippen molar-refractivity contribution in [2.24, 2.45) is 0 Å². The number of thioether (sulfide) groups is 1. The van der Waals surface area contributed by atoms with Gasteiger partial charge in [-0.3, -0.25) is 4.79 Å². The molecule has 106 valence electrons. The molecule has 1 amide bonds. The number of tetrazole rings is 1. The van der Waals surface area contributed by atoms with Gasteiger partial charge in [0, 0.05) is 6.04 Å². The van der Waals surface area contributed by atoms with Gasteiger partial charge in [0.1, 0.15) is 0 Å². The Hall–Kier alpha value is -1.11. The fraction of sp³-hybridized carbons (Fsp3) is 0.833. The molecule has 2 rings (SSSR count). The molecule has 1 fully saturated rings. The molecule has 1 aromatic heterocycles. The minimum absolute atomic E-state index is 0.0287. The van der Waals surface area contributed by atoms with Crippen molar-refractivity contribution in [1.29, 1.82) is 0 Å². The summed E-state index contributed by atoms with van der Waals surface area (Å²) in [5.41, 5.74) is 0. The first kappa shape index (κ1) is 14.3. The molecular formula is C12H21N5OS. The first-order chi connectivity index (χ1) is 9.08. The number of hydrogen-bond acceptors (Lipinski definition) is 5. The molecule has 0 radical (unpaired) electrons. The first-order valence-electron chi connectivity index (χ1n) is 6.83. The van der Waals surface area contributed by atoms with Crippen LogP contribution in [0.4, 0.5) is 0 Å². The van der Waals surface area contributed by atoms with Gasteiger partial charge in [-0.2, -0.15) is 0 Å². The summed E-state index contributed by atoms with van der Waals surface area (Å²) in [6.07, 6.45) is 4.73. The molecule has 1 N–H and O–H groups in total. The van der Waals surface area contributed by atoms with E-state index in [1.54, 1.807) is 0 Å². The summed E-state index contributed by atoms with van der Waals surface area (Å²) in [5.74, 6) is 0.0287. The molecule has 6 nitrogen and oxygen atoms in total. The van der Waals surface area contributed by atoms with Crippen LogP contribution in [-0.2, 0) is 4.79 Å². The van der Waals surface area contributed by atoms with E-state index in [9.17, 15) is 4.79 Å². The lowest BCUT2D eigenvalue weighted by atomic mass is 10.3. The minimum atomic E-state index is -0.187. The highest BCUT2D eigenvalue weighted by Crippen LogP contribution is 2.32. The number of aromatic nitrogens is 4. The van der Waals surface area contributed by atoms with Gasteiger partial charge in [-0.1, -0.05) is 24.6 Å². The molecular weight excluding hydrogens is 262 g/mol. The summed E-state index contributed by atoms with van der Waals surface area (Å²) in [6.45, 7) is 5.80. The van der Waals surface area contributed by atoms with Crippen LogP contribution in [0, 0.1) is 0 Å². The van der Waals surface area contributed by atoms with Crippen molar-refractivity contribution in [3.05, 3.63) is 0 Å². The third kappa shape index (κ3) is 3.68. The van der Waals surface area contributed by atoms with Gasteiger partial charge in [-0.05, 0) is 44.0 Å². The van der Waals surface area contributed by atoms with E-state index in [0.29, 0.717) is 6.04 Å². The Kier molecular flexibility index (Phi) is 4.79. The number of nitrogens with one attached hydrogen (secondary N) is 1. The molecule has 0 bridgehead atoms. The van der Waals surface area contributed by atoms with Gasteiger partial charge in [-0.15, -0.1) is 5.10 Å². The largest absolute Gasteiger partial charge is 0.353 e. The number of carbonyl (C=O) groups is 1. The van der Waals surface area contributed by atoms with E-state index in [1.807, 2.05) is 25.5 Å². The highest BCUT2D eigenvalue weighted by molar-refractivity contribution is 8.00. The Morgan fingerprint density at radius 2 is 2.05 bits per heavy atom. The van der Waals surface area contributed by atoms with Crippen LogP contribution in [0.3, 0.4) is 0 Å². The third-order valence-corrected chi connectivity index (χ3v) is 4.26. The number of nitrogens with zero attached hydrogens (tertiary/aromatic N) is 4. The summed E-state index contributed by atoms with van der Waals surface area (Å²) in [7, 11) is 0. The molecule has 1 atom stereocenters. The monoisotopic (exact) mass is 283 g/mol. The molecule has 1 aliphatic carbocycles. The molecule has 1 heterocycles. The van der Waals surface area contributed by atoms with E-state index in [4.69, 9.17) is 0 Å². The second-order valence-electron chi connectivity index (χ2n) is 5.27. The first-order valence-corrected chi connectivity index (χ1v) is 7.70. The zero-order valence-corrected chi connectivity index (χ0v) is 12.5. The molecule has 0 aliphatic heterocycles. The van der Waals surface area contributed by atoms with E-state index in [0.717, 1.165) is 18.0 Å². The zero-order valence-electron chi connectivity index (χ0n) is 11.7. The normalized spacial score (nSPS) is 17.9. The number of carbonyl (C=O) groups excluding carboxylic acids is 1. The van der Waals surface area contributed by atoms with Crippen molar-refractivity contribution >= 4 is 17.7 Å². The quantitative estimate of drug-likeness (QED) is 0.834. The van der Waals surface area contributed by atoms with Crippen LogP contribution in [0.5, 0.6) is 0 Å². The molecule has 0 spiro atoms. The zero-order chi connectivity index (χ0) is 13.8. The number of rotatable bonds is 5. The van der Waals surface area contributed by atoms with Crippen LogP contribution in [0.2, 0.25) is 0 Å². The molecule has 1 aliphatic rings. The predicted molar refractivity (Wildman–Crippen MR) is 73.9 cm³/mol. The van der Waals surface area contributed by atoms with E-state index in [2.05, 4.69) is 20.8 Å². The van der Waals surface area contributed by atoms with Gasteiger partial charge in [0.05, 0.1) is 11.3 Å². The van der Waals surface area contributed by atoms with Gasteiger partial charge < -0.3 is 5.32 Å². The smallest absolute Gasteiger partial charge is 0.233 e. The minimum Gasteiger partial charge on any atom is -0.353 e. The molecule has 0 saturated heterocycles. The third-order valence-electron chi connectivity index (χ3n) is 3.22. The van der Waals surface area contributed by atoms with Crippen LogP contribution in [0.15, 0.2) is 5.16 Å². The fourth-order valence-electron chi connectivity index (χ4n) is 2.25. The van der Waals surface area contributed by atoms with Gasteiger partial charge in [-0.25, -0.2) is 4.68 Å². The van der Waals surface area contributed by atoms with Gasteiger partial charge in [0.15, 0.2) is 0 Å². The van der Waals surface area contributed by atoms with Gasteiger partial charge >= 0.3 is 0 Å². The Morgan fingerprint density at radius 1 is 1.37 bits per heavy atom. The van der Waals surface area contributed by atoms with Gasteiger partial charge in [0.25, 0.3) is 0 Å². The van der Waals surface area contributed by atoms with Crippen LogP contribution < -0.4 is 5.32 Å². The van der Waals surface area contributed by atoms with Crippen molar-refractivity contribution in [3.8, 4) is 0 Å². The van der Waals surface area contributed by atoms with Crippen molar-refractivity contribution in [2.75, 3.05) is 0 Å². The van der Waals surface area contributed by atoms with Crippen molar-refractivity contribution < 1.29 is 4.79 Å². The van der Waals surface area contributed by atoms with Gasteiger partial charge in [0.2, 0.25) is 11.1 Å². The standard InChI is InChI=1S/C12H21N5OS/c1-8(2)13-11(18)9(3)19-12-14-15-16-17(12)10-6-4-5-7-10/h8-10H,4-7H2,1-3H3,(H,13,18)/t9-/m1/s1. The van der Waals surface area contributed by atoms with Crippen LogP contribution in [0.1, 0.15) is 52.5 Å². The van der Waals surface area contributed by atoms with Crippen molar-refractivity contribution in [1.82, 2.24) is 25.5 Å². The Balaban J connectivity index is 1.99.